The van der Waals surface area contributed by atoms with Gasteiger partial charge in [-0.15, -0.1) is 6.42 Å². The molecule has 0 aromatic rings. The second-order valence-corrected chi connectivity index (χ2v) is 2.23. The normalized spacial score (nSPS) is 12.1. The Kier molecular flexibility index (Phi) is 4.61. The fourth-order valence-electron chi connectivity index (χ4n) is 0.822. The van der Waals surface area contributed by atoms with E-state index in [1.165, 1.54) is 0 Å². The Bertz CT molecular complexity index is 146. The molecule has 1 atom stereocenters. The number of hydrogen-bond acceptors (Lipinski definition) is 2. The van der Waals surface area contributed by atoms with Crippen molar-refractivity contribution in [1.82, 2.24) is 0 Å². The standard InChI is InChI=1S/C8H13NO/c1-3-5-7(6-9)8(10)4-2/h2,7H,3,5-6,9H2,1H3. The largest absolute Gasteiger partial charge is 0.330 e. The number of terminal acetylenes is 1. The van der Waals surface area contributed by atoms with E-state index in [9.17, 15) is 4.79 Å². The lowest BCUT2D eigenvalue weighted by molar-refractivity contribution is -0.117. The molecule has 1 unspecified atom stereocenters. The summed E-state index contributed by atoms with van der Waals surface area (Å²) in [4.78, 5) is 10.8. The predicted molar refractivity (Wildman–Crippen MR) is 41.3 cm³/mol. The summed E-state index contributed by atoms with van der Waals surface area (Å²) in [7, 11) is 0. The first-order valence-electron chi connectivity index (χ1n) is 3.46. The van der Waals surface area contributed by atoms with Crippen molar-refractivity contribution in [2.24, 2.45) is 11.7 Å². The minimum Gasteiger partial charge on any atom is -0.330 e. The molecule has 10 heavy (non-hydrogen) atoms. The summed E-state index contributed by atoms with van der Waals surface area (Å²) in [5.41, 5.74) is 5.32. The van der Waals surface area contributed by atoms with Crippen molar-refractivity contribution in [2.45, 2.75) is 19.8 Å². The van der Waals surface area contributed by atoms with E-state index in [4.69, 9.17) is 12.2 Å². The van der Waals surface area contributed by atoms with Gasteiger partial charge in [0.25, 0.3) is 0 Å². The zero-order valence-electron chi connectivity index (χ0n) is 6.26. The molecule has 0 saturated carbocycles. The molecule has 0 aliphatic heterocycles. The number of carbonyl (C=O) groups is 1. The van der Waals surface area contributed by atoms with Crippen LogP contribution in [0.2, 0.25) is 0 Å². The maximum absolute atomic E-state index is 10.8. The van der Waals surface area contributed by atoms with Gasteiger partial charge in [-0.3, -0.25) is 4.79 Å². The van der Waals surface area contributed by atoms with Crippen molar-refractivity contribution in [3.05, 3.63) is 0 Å². The highest BCUT2D eigenvalue weighted by Gasteiger charge is 2.11. The van der Waals surface area contributed by atoms with Crippen molar-refractivity contribution in [2.75, 3.05) is 6.54 Å². The summed E-state index contributed by atoms with van der Waals surface area (Å²) < 4.78 is 0. The first-order chi connectivity index (χ1) is 4.76. The van der Waals surface area contributed by atoms with Gasteiger partial charge in [0.15, 0.2) is 0 Å². The average molecular weight is 139 g/mol. The van der Waals surface area contributed by atoms with Crippen LogP contribution in [0.4, 0.5) is 0 Å². The molecule has 0 aromatic heterocycles. The molecule has 0 aliphatic rings. The minimum atomic E-state index is -0.163. The molecule has 0 spiro atoms. The van der Waals surface area contributed by atoms with Gasteiger partial charge in [-0.05, 0) is 12.3 Å². The van der Waals surface area contributed by atoms with Crippen LogP contribution in [-0.2, 0) is 4.79 Å². The number of rotatable bonds is 4. The fraction of sp³-hybridized carbons (Fsp3) is 0.625. The highest BCUT2D eigenvalue weighted by atomic mass is 16.1. The van der Waals surface area contributed by atoms with E-state index in [1.807, 2.05) is 6.92 Å². The van der Waals surface area contributed by atoms with E-state index in [0.717, 1.165) is 12.8 Å². The van der Waals surface area contributed by atoms with E-state index in [1.54, 1.807) is 0 Å². The average Bonchev–Trinajstić information content (AvgIpc) is 1.99. The molecule has 0 saturated heterocycles. The number of carbonyl (C=O) groups excluding carboxylic acids is 1. The topological polar surface area (TPSA) is 43.1 Å². The lowest BCUT2D eigenvalue weighted by atomic mass is 9.99. The van der Waals surface area contributed by atoms with E-state index < -0.39 is 0 Å². The Morgan fingerprint density at radius 3 is 2.70 bits per heavy atom. The molecule has 0 fully saturated rings. The second kappa shape index (κ2) is 5.01. The molecule has 0 amide bonds. The van der Waals surface area contributed by atoms with Gasteiger partial charge in [0.05, 0.1) is 0 Å². The molecule has 2 N–H and O–H groups in total. The van der Waals surface area contributed by atoms with Crippen LogP contribution in [0, 0.1) is 18.3 Å². The molecule has 0 heterocycles. The van der Waals surface area contributed by atoms with Gasteiger partial charge in [0.1, 0.15) is 0 Å². The van der Waals surface area contributed by atoms with Gasteiger partial charge in [-0.25, -0.2) is 0 Å². The molecule has 0 bridgehead atoms. The first-order valence-corrected chi connectivity index (χ1v) is 3.46. The lowest BCUT2D eigenvalue weighted by Gasteiger charge is -2.06. The number of ketones is 1. The van der Waals surface area contributed by atoms with Crippen molar-refractivity contribution in [3.8, 4) is 12.3 Å². The van der Waals surface area contributed by atoms with Gasteiger partial charge < -0.3 is 5.73 Å². The molecule has 2 nitrogen and oxygen atoms in total. The maximum Gasteiger partial charge on any atom is 0.209 e. The summed E-state index contributed by atoms with van der Waals surface area (Å²) >= 11 is 0. The van der Waals surface area contributed by atoms with Crippen LogP contribution in [0.25, 0.3) is 0 Å². The van der Waals surface area contributed by atoms with Gasteiger partial charge in [0, 0.05) is 12.5 Å². The number of hydrogen-bond donors (Lipinski definition) is 1. The van der Waals surface area contributed by atoms with Gasteiger partial charge >= 0.3 is 0 Å². The molecule has 0 rings (SSSR count). The summed E-state index contributed by atoms with van der Waals surface area (Å²) in [6.07, 6.45) is 6.68. The SMILES string of the molecule is C#CC(=O)C(CN)CCC. The van der Waals surface area contributed by atoms with E-state index in [0.29, 0.717) is 6.54 Å². The molecular formula is C8H13NO. The van der Waals surface area contributed by atoms with Crippen LogP contribution in [0.1, 0.15) is 19.8 Å². The Morgan fingerprint density at radius 2 is 2.40 bits per heavy atom. The minimum absolute atomic E-state index is 0.116. The van der Waals surface area contributed by atoms with Crippen LogP contribution in [0.5, 0.6) is 0 Å². The van der Waals surface area contributed by atoms with Gasteiger partial charge in [-0.2, -0.15) is 0 Å². The molecule has 0 aromatic carbocycles. The highest BCUT2D eigenvalue weighted by Crippen LogP contribution is 2.04. The van der Waals surface area contributed by atoms with E-state index in [2.05, 4.69) is 5.92 Å². The van der Waals surface area contributed by atoms with Crippen LogP contribution in [0.3, 0.4) is 0 Å². The smallest absolute Gasteiger partial charge is 0.209 e. The Morgan fingerprint density at radius 1 is 1.80 bits per heavy atom. The lowest BCUT2D eigenvalue weighted by Crippen LogP contribution is -2.22. The van der Waals surface area contributed by atoms with Crippen LogP contribution < -0.4 is 5.73 Å². The molecular weight excluding hydrogens is 126 g/mol. The number of Topliss-reactive ketones (excluding diaryl/α,β-unsaturated/α-hetero) is 1. The van der Waals surface area contributed by atoms with Gasteiger partial charge in [0.2, 0.25) is 5.78 Å². The third kappa shape index (κ3) is 2.65. The summed E-state index contributed by atoms with van der Waals surface area (Å²) in [5, 5.41) is 0. The molecule has 0 aliphatic carbocycles. The molecule has 0 radical (unpaired) electrons. The Hall–Kier alpha value is -0.810. The van der Waals surface area contributed by atoms with Crippen LogP contribution in [-0.4, -0.2) is 12.3 Å². The molecule has 56 valence electrons. The predicted octanol–water partition coefficient (Wildman–Crippen LogP) is 0.564. The first kappa shape index (κ1) is 9.19. The second-order valence-electron chi connectivity index (χ2n) is 2.23. The van der Waals surface area contributed by atoms with Crippen molar-refractivity contribution >= 4 is 5.78 Å². The molecule has 2 heteroatoms. The van der Waals surface area contributed by atoms with Gasteiger partial charge in [-0.1, -0.05) is 13.3 Å². The Balaban J connectivity index is 3.83. The Labute approximate surface area is 61.8 Å². The quantitative estimate of drug-likeness (QED) is 0.457. The third-order valence-electron chi connectivity index (χ3n) is 1.43. The monoisotopic (exact) mass is 139 g/mol. The zero-order valence-corrected chi connectivity index (χ0v) is 6.26. The maximum atomic E-state index is 10.8. The summed E-state index contributed by atoms with van der Waals surface area (Å²) in [6, 6.07) is 0. The zero-order chi connectivity index (χ0) is 7.98. The van der Waals surface area contributed by atoms with Crippen LogP contribution in [0.15, 0.2) is 0 Å². The van der Waals surface area contributed by atoms with Crippen LogP contribution >= 0.6 is 0 Å². The summed E-state index contributed by atoms with van der Waals surface area (Å²) in [6.45, 7) is 2.38. The fourth-order valence-corrected chi connectivity index (χ4v) is 0.822. The third-order valence-corrected chi connectivity index (χ3v) is 1.43. The summed E-state index contributed by atoms with van der Waals surface area (Å²) in [5.74, 6) is 1.80. The van der Waals surface area contributed by atoms with Crippen molar-refractivity contribution in [3.63, 3.8) is 0 Å². The van der Waals surface area contributed by atoms with Crippen molar-refractivity contribution < 1.29 is 4.79 Å². The van der Waals surface area contributed by atoms with E-state index >= 15 is 0 Å². The highest BCUT2D eigenvalue weighted by molar-refractivity contribution is 5.96. The van der Waals surface area contributed by atoms with E-state index in [-0.39, 0.29) is 11.7 Å². The van der Waals surface area contributed by atoms with Crippen molar-refractivity contribution in [1.29, 1.82) is 0 Å². The number of nitrogens with two attached hydrogens (primary N) is 1.